The van der Waals surface area contributed by atoms with Gasteiger partial charge < -0.3 is 0 Å². The van der Waals surface area contributed by atoms with Crippen molar-refractivity contribution in [1.82, 2.24) is 4.98 Å². The molecule has 0 fully saturated rings. The summed E-state index contributed by atoms with van der Waals surface area (Å²) in [6.07, 6.45) is 2.69. The number of pyridine rings is 1. The average Bonchev–Trinajstić information content (AvgIpc) is 2.82. The Balaban J connectivity index is 1.48. The molecule has 0 amide bonds. The summed E-state index contributed by atoms with van der Waals surface area (Å²) in [4.78, 5) is 27.5. The van der Waals surface area contributed by atoms with Crippen LogP contribution in [0.3, 0.4) is 0 Å². The van der Waals surface area contributed by atoms with Crippen molar-refractivity contribution in [3.63, 3.8) is 0 Å². The number of rotatable bonds is 6. The van der Waals surface area contributed by atoms with Crippen LogP contribution in [-0.4, -0.2) is 21.4 Å². The second kappa shape index (κ2) is 9.11. The highest BCUT2D eigenvalue weighted by Gasteiger charge is 2.23. The summed E-state index contributed by atoms with van der Waals surface area (Å²) in [5.41, 5.74) is 4.23. The first-order valence-electron chi connectivity index (χ1n) is 9.93. The van der Waals surface area contributed by atoms with Crippen LogP contribution in [0.5, 0.6) is 0 Å². The van der Waals surface area contributed by atoms with Gasteiger partial charge in [-0.2, -0.15) is 5.26 Å². The van der Waals surface area contributed by atoms with Crippen molar-refractivity contribution in [2.24, 2.45) is 0 Å². The van der Waals surface area contributed by atoms with E-state index in [4.69, 9.17) is 4.98 Å². The van der Waals surface area contributed by atoms with Crippen LogP contribution in [0.4, 0.5) is 5.69 Å². The van der Waals surface area contributed by atoms with E-state index in [1.54, 1.807) is 0 Å². The van der Waals surface area contributed by atoms with Crippen LogP contribution in [0.2, 0.25) is 0 Å². The van der Waals surface area contributed by atoms with E-state index in [1.165, 1.54) is 41.6 Å². The molecule has 4 rings (SSSR count). The number of Topliss-reactive ketones (excluding diaryl/α,β-unsaturated/α-hetero) is 1. The lowest BCUT2D eigenvalue weighted by Gasteiger charge is -2.25. The summed E-state index contributed by atoms with van der Waals surface area (Å²) >= 11 is 1.24. The molecule has 0 radical (unpaired) electrons. The number of ketones is 1. The van der Waals surface area contributed by atoms with Gasteiger partial charge in [0.25, 0.3) is 5.69 Å². The van der Waals surface area contributed by atoms with Gasteiger partial charge in [0, 0.05) is 23.4 Å². The minimum atomic E-state index is -0.498. The number of hydrogen-bond donors (Lipinski definition) is 0. The standard InChI is InChI=1S/C24H19N3O3S/c25-14-20-13-19-12-18(16-4-2-1-3-5-16)8-11-22(19)26-24(20)31-15-23(28)17-6-9-21(10-7-17)27(29)30/h1-7,9-10,13,18H,8,11-12,15H2. The molecule has 1 heterocycles. The Morgan fingerprint density at radius 3 is 2.61 bits per heavy atom. The van der Waals surface area contributed by atoms with Gasteiger partial charge in [-0.1, -0.05) is 42.1 Å². The van der Waals surface area contributed by atoms with Crippen LogP contribution in [0.1, 0.15) is 45.1 Å². The summed E-state index contributed by atoms with van der Waals surface area (Å²) in [6, 6.07) is 20.1. The quantitative estimate of drug-likeness (QED) is 0.234. The third kappa shape index (κ3) is 4.65. The lowest BCUT2D eigenvalue weighted by Crippen LogP contribution is -2.15. The molecular weight excluding hydrogens is 410 g/mol. The summed E-state index contributed by atoms with van der Waals surface area (Å²) in [6.45, 7) is 0. The molecule has 154 valence electrons. The highest BCUT2D eigenvalue weighted by atomic mass is 32.2. The van der Waals surface area contributed by atoms with Gasteiger partial charge in [-0.15, -0.1) is 0 Å². The van der Waals surface area contributed by atoms with E-state index in [1.807, 2.05) is 24.3 Å². The lowest BCUT2D eigenvalue weighted by atomic mass is 9.82. The maximum Gasteiger partial charge on any atom is 0.269 e. The first-order valence-corrected chi connectivity index (χ1v) is 10.9. The number of aromatic nitrogens is 1. The molecule has 7 heteroatoms. The molecule has 0 spiro atoms. The molecule has 1 atom stereocenters. The van der Waals surface area contributed by atoms with E-state index in [2.05, 4.69) is 18.2 Å². The Hall–Kier alpha value is -3.50. The van der Waals surface area contributed by atoms with Gasteiger partial charge in [0.2, 0.25) is 0 Å². The summed E-state index contributed by atoms with van der Waals surface area (Å²) in [5.74, 6) is 0.377. The van der Waals surface area contributed by atoms with E-state index in [-0.39, 0.29) is 17.2 Å². The maximum atomic E-state index is 12.5. The molecule has 6 nitrogen and oxygen atoms in total. The zero-order valence-electron chi connectivity index (χ0n) is 16.7. The predicted octanol–water partition coefficient (Wildman–Crippen LogP) is 5.11. The maximum absolute atomic E-state index is 12.5. The smallest absolute Gasteiger partial charge is 0.269 e. The molecule has 2 aromatic carbocycles. The van der Waals surface area contributed by atoms with E-state index >= 15 is 0 Å². The molecule has 31 heavy (non-hydrogen) atoms. The van der Waals surface area contributed by atoms with Crippen molar-refractivity contribution in [3.8, 4) is 6.07 Å². The molecule has 0 aliphatic heterocycles. The molecule has 3 aromatic rings. The van der Waals surface area contributed by atoms with Crippen molar-refractivity contribution in [1.29, 1.82) is 5.26 Å². The van der Waals surface area contributed by atoms with Crippen LogP contribution in [0.25, 0.3) is 0 Å². The Morgan fingerprint density at radius 1 is 1.19 bits per heavy atom. The van der Waals surface area contributed by atoms with Gasteiger partial charge in [0.1, 0.15) is 11.1 Å². The predicted molar refractivity (Wildman–Crippen MR) is 118 cm³/mol. The number of benzene rings is 2. The van der Waals surface area contributed by atoms with Gasteiger partial charge in [0.05, 0.1) is 16.2 Å². The molecule has 0 N–H and O–H groups in total. The van der Waals surface area contributed by atoms with Gasteiger partial charge in [-0.3, -0.25) is 14.9 Å². The Kier molecular flexibility index (Phi) is 6.10. The molecule has 1 aliphatic rings. The molecule has 0 saturated heterocycles. The molecule has 0 bridgehead atoms. The number of aryl methyl sites for hydroxylation is 1. The van der Waals surface area contributed by atoms with Gasteiger partial charge in [-0.25, -0.2) is 4.98 Å². The first-order chi connectivity index (χ1) is 15.0. The molecule has 1 unspecified atom stereocenters. The Morgan fingerprint density at radius 2 is 1.94 bits per heavy atom. The fraction of sp³-hybridized carbons (Fsp3) is 0.208. The van der Waals surface area contributed by atoms with Gasteiger partial charge >= 0.3 is 0 Å². The Labute approximate surface area is 184 Å². The minimum absolute atomic E-state index is 0.0545. The van der Waals surface area contributed by atoms with Crippen LogP contribution < -0.4 is 0 Å². The number of nitriles is 1. The van der Waals surface area contributed by atoms with Crippen LogP contribution in [0, 0.1) is 21.4 Å². The van der Waals surface area contributed by atoms with Crippen molar-refractivity contribution in [2.75, 3.05) is 5.75 Å². The molecule has 0 saturated carbocycles. The first kappa shape index (κ1) is 20.8. The molecule has 1 aliphatic carbocycles. The van der Waals surface area contributed by atoms with Crippen molar-refractivity contribution in [3.05, 3.63) is 98.7 Å². The summed E-state index contributed by atoms with van der Waals surface area (Å²) in [7, 11) is 0. The lowest BCUT2D eigenvalue weighted by molar-refractivity contribution is -0.384. The SMILES string of the molecule is N#Cc1cc2c(nc1SCC(=O)c1ccc([N+](=O)[O-])cc1)CCC(c1ccccc1)C2. The van der Waals surface area contributed by atoms with Crippen molar-refractivity contribution >= 4 is 23.2 Å². The third-order valence-corrected chi connectivity index (χ3v) is 6.47. The number of fused-ring (bicyclic) bond motifs is 1. The summed E-state index contributed by atoms with van der Waals surface area (Å²) < 4.78 is 0. The van der Waals surface area contributed by atoms with E-state index in [0.717, 1.165) is 30.5 Å². The van der Waals surface area contributed by atoms with Crippen LogP contribution >= 0.6 is 11.8 Å². The number of thioether (sulfide) groups is 1. The second-order valence-electron chi connectivity index (χ2n) is 7.42. The number of non-ortho nitro benzene ring substituents is 1. The average molecular weight is 430 g/mol. The monoisotopic (exact) mass is 429 g/mol. The topological polar surface area (TPSA) is 96.9 Å². The van der Waals surface area contributed by atoms with Crippen molar-refractivity contribution < 1.29 is 9.72 Å². The van der Waals surface area contributed by atoms with E-state index in [0.29, 0.717) is 22.1 Å². The zero-order valence-corrected chi connectivity index (χ0v) is 17.5. The second-order valence-corrected chi connectivity index (χ2v) is 8.39. The Bertz CT molecular complexity index is 1170. The van der Waals surface area contributed by atoms with E-state index in [9.17, 15) is 20.2 Å². The number of carbonyl (C=O) groups excluding carboxylic acids is 1. The highest BCUT2D eigenvalue weighted by Crippen LogP contribution is 2.34. The van der Waals surface area contributed by atoms with Crippen molar-refractivity contribution in [2.45, 2.75) is 30.2 Å². The minimum Gasteiger partial charge on any atom is -0.293 e. The number of nitro benzene ring substituents is 1. The van der Waals surface area contributed by atoms with Gasteiger partial charge in [0.15, 0.2) is 5.78 Å². The number of hydrogen-bond acceptors (Lipinski definition) is 6. The summed E-state index contributed by atoms with van der Waals surface area (Å²) in [5, 5.41) is 20.9. The fourth-order valence-electron chi connectivity index (χ4n) is 3.83. The van der Waals surface area contributed by atoms with E-state index < -0.39 is 4.92 Å². The fourth-order valence-corrected chi connectivity index (χ4v) is 4.70. The largest absolute Gasteiger partial charge is 0.293 e. The molecular formula is C24H19N3O3S. The van der Waals surface area contributed by atoms with Crippen LogP contribution in [-0.2, 0) is 12.8 Å². The van der Waals surface area contributed by atoms with Crippen LogP contribution in [0.15, 0.2) is 65.7 Å². The zero-order chi connectivity index (χ0) is 21.8. The van der Waals surface area contributed by atoms with Gasteiger partial charge in [-0.05, 0) is 54.5 Å². The number of carbonyl (C=O) groups is 1. The molecule has 1 aromatic heterocycles. The number of nitrogens with zero attached hydrogens (tertiary/aromatic N) is 3. The number of nitro groups is 1. The third-order valence-electron chi connectivity index (χ3n) is 5.48. The normalized spacial score (nSPS) is 15.0. The highest BCUT2D eigenvalue weighted by molar-refractivity contribution is 8.00.